The first kappa shape index (κ1) is 16.9. The first-order chi connectivity index (χ1) is 8.49. The summed E-state index contributed by atoms with van der Waals surface area (Å²) < 4.78 is 29.9. The molecule has 18 heavy (non-hydrogen) atoms. The second kappa shape index (κ2) is 9.87. The van der Waals surface area contributed by atoms with Gasteiger partial charge in [-0.25, -0.2) is 9.38 Å². The zero-order valence-corrected chi connectivity index (χ0v) is 10.7. The van der Waals surface area contributed by atoms with Gasteiger partial charge in [0, 0.05) is 19.9 Å². The Labute approximate surface area is 106 Å². The van der Waals surface area contributed by atoms with Crippen LogP contribution >= 0.6 is 0 Å². The molecular formula is C12H20F2N2O2. The summed E-state index contributed by atoms with van der Waals surface area (Å²) in [5, 5.41) is 12.7. The average molecular weight is 262 g/mol. The van der Waals surface area contributed by atoms with Crippen LogP contribution < -0.4 is 5.32 Å². The molecule has 4 nitrogen and oxygen atoms in total. The van der Waals surface area contributed by atoms with E-state index >= 15 is 0 Å². The van der Waals surface area contributed by atoms with E-state index in [9.17, 15) is 13.9 Å². The number of nitrogens with zero attached hydrogens (tertiary/aromatic N) is 1. The highest BCUT2D eigenvalue weighted by atomic mass is 19.2. The van der Waals surface area contributed by atoms with E-state index in [4.69, 9.17) is 4.74 Å². The molecule has 2 N–H and O–H groups in total. The normalized spacial score (nSPS) is 14.7. The second-order valence-corrected chi connectivity index (χ2v) is 3.70. The van der Waals surface area contributed by atoms with Crippen LogP contribution in [0.15, 0.2) is 28.9 Å². The highest BCUT2D eigenvalue weighted by Crippen LogP contribution is 2.09. The van der Waals surface area contributed by atoms with Gasteiger partial charge < -0.3 is 15.2 Å². The Morgan fingerprint density at radius 1 is 1.50 bits per heavy atom. The summed E-state index contributed by atoms with van der Waals surface area (Å²) in [6.07, 6.45) is 0.601. The van der Waals surface area contributed by atoms with Crippen molar-refractivity contribution in [2.24, 2.45) is 4.99 Å². The molecule has 0 bridgehead atoms. The van der Waals surface area contributed by atoms with Gasteiger partial charge in [-0.3, -0.25) is 0 Å². The third kappa shape index (κ3) is 8.05. The molecule has 0 rings (SSSR count). The minimum Gasteiger partial charge on any atom is -0.388 e. The quantitative estimate of drug-likeness (QED) is 0.378. The van der Waals surface area contributed by atoms with E-state index in [1.807, 2.05) is 0 Å². The highest BCUT2D eigenvalue weighted by molar-refractivity contribution is 5.79. The van der Waals surface area contributed by atoms with Crippen molar-refractivity contribution in [3.05, 3.63) is 23.9 Å². The van der Waals surface area contributed by atoms with E-state index in [1.54, 1.807) is 7.11 Å². The van der Waals surface area contributed by atoms with Crippen LogP contribution in [0.25, 0.3) is 0 Å². The van der Waals surface area contributed by atoms with E-state index in [2.05, 4.69) is 16.9 Å². The summed E-state index contributed by atoms with van der Waals surface area (Å²) in [6, 6.07) is 0. The van der Waals surface area contributed by atoms with Crippen LogP contribution in [0, 0.1) is 0 Å². The van der Waals surface area contributed by atoms with Crippen molar-refractivity contribution in [2.45, 2.75) is 19.4 Å². The molecule has 6 heteroatoms. The van der Waals surface area contributed by atoms with Gasteiger partial charge in [-0.05, 0) is 25.5 Å². The van der Waals surface area contributed by atoms with Gasteiger partial charge in [0.1, 0.15) is 0 Å². The molecule has 0 aliphatic heterocycles. The Bertz CT molecular complexity index is 313. The van der Waals surface area contributed by atoms with Gasteiger partial charge >= 0.3 is 0 Å². The van der Waals surface area contributed by atoms with Crippen LogP contribution in [0.2, 0.25) is 0 Å². The van der Waals surface area contributed by atoms with Crippen LogP contribution in [0.5, 0.6) is 0 Å². The van der Waals surface area contributed by atoms with Crippen molar-refractivity contribution in [1.82, 2.24) is 5.32 Å². The van der Waals surface area contributed by atoms with Crippen LogP contribution in [0.4, 0.5) is 8.78 Å². The monoisotopic (exact) mass is 262 g/mol. The molecule has 0 saturated carbocycles. The Morgan fingerprint density at radius 3 is 2.72 bits per heavy atom. The first-order valence-corrected chi connectivity index (χ1v) is 5.61. The second-order valence-electron chi connectivity index (χ2n) is 3.70. The van der Waals surface area contributed by atoms with Crippen LogP contribution in [-0.2, 0) is 4.74 Å². The Kier molecular flexibility index (Phi) is 9.26. The number of allylic oxidation sites excluding steroid dienone is 1. The molecule has 0 aromatic rings. The Balaban J connectivity index is 3.93. The maximum Gasteiger partial charge on any atom is 0.244 e. The summed E-state index contributed by atoms with van der Waals surface area (Å²) in [5.41, 5.74) is 0.236. The van der Waals surface area contributed by atoms with Crippen LogP contribution in [0.1, 0.15) is 13.3 Å². The SMILES string of the molecule is C=C(C=N/C(F)=C(\C)F)[C@@H](O)CCNCCOC. The predicted octanol–water partition coefficient (Wildman–Crippen LogP) is 1.73. The number of aliphatic hydroxyl groups is 1. The Hall–Kier alpha value is -1.11. The third-order valence-electron chi connectivity index (χ3n) is 2.13. The Morgan fingerprint density at radius 2 is 2.17 bits per heavy atom. The molecule has 104 valence electrons. The summed E-state index contributed by atoms with van der Waals surface area (Å²) in [4.78, 5) is 3.22. The van der Waals surface area contributed by atoms with Crippen molar-refractivity contribution in [3.63, 3.8) is 0 Å². The molecule has 0 aromatic heterocycles. The van der Waals surface area contributed by atoms with Crippen molar-refractivity contribution in [1.29, 1.82) is 0 Å². The van der Waals surface area contributed by atoms with Gasteiger partial charge in [-0.2, -0.15) is 4.39 Å². The number of hydrogen-bond acceptors (Lipinski definition) is 4. The minimum atomic E-state index is -1.21. The number of aliphatic imine (C=N–C) groups is 1. The van der Waals surface area contributed by atoms with E-state index < -0.39 is 17.9 Å². The highest BCUT2D eigenvalue weighted by Gasteiger charge is 2.06. The molecule has 0 unspecified atom stereocenters. The summed E-state index contributed by atoms with van der Waals surface area (Å²) in [5.74, 6) is -2.21. The third-order valence-corrected chi connectivity index (χ3v) is 2.13. The maximum absolute atomic E-state index is 12.7. The smallest absolute Gasteiger partial charge is 0.244 e. The molecule has 0 radical (unpaired) electrons. The van der Waals surface area contributed by atoms with Crippen molar-refractivity contribution in [2.75, 3.05) is 26.8 Å². The average Bonchev–Trinajstić information content (AvgIpc) is 2.34. The fraction of sp³-hybridized carbons (Fsp3) is 0.583. The molecule has 0 aliphatic rings. The summed E-state index contributed by atoms with van der Waals surface area (Å²) in [7, 11) is 1.60. The number of methoxy groups -OCH3 is 1. The largest absolute Gasteiger partial charge is 0.388 e. The lowest BCUT2D eigenvalue weighted by Gasteiger charge is -2.10. The van der Waals surface area contributed by atoms with E-state index in [0.29, 0.717) is 26.1 Å². The van der Waals surface area contributed by atoms with E-state index in [-0.39, 0.29) is 5.57 Å². The summed E-state index contributed by atoms with van der Waals surface area (Å²) in [6.45, 7) is 6.34. The van der Waals surface area contributed by atoms with Crippen LogP contribution in [0.3, 0.4) is 0 Å². The molecule has 0 aliphatic carbocycles. The lowest BCUT2D eigenvalue weighted by Crippen LogP contribution is -2.24. The minimum absolute atomic E-state index is 0.236. The molecule has 0 spiro atoms. The van der Waals surface area contributed by atoms with Gasteiger partial charge in [0.2, 0.25) is 5.95 Å². The predicted molar refractivity (Wildman–Crippen MR) is 67.9 cm³/mol. The molecule has 0 amide bonds. The molecule has 1 atom stereocenters. The number of rotatable bonds is 9. The first-order valence-electron chi connectivity index (χ1n) is 5.61. The lowest BCUT2D eigenvalue weighted by atomic mass is 10.1. The molecule has 0 aromatic carbocycles. The maximum atomic E-state index is 12.7. The van der Waals surface area contributed by atoms with Crippen molar-refractivity contribution in [3.8, 4) is 0 Å². The van der Waals surface area contributed by atoms with Crippen molar-refractivity contribution >= 4 is 6.21 Å². The molecule has 0 saturated heterocycles. The molecule has 0 heterocycles. The van der Waals surface area contributed by atoms with Gasteiger partial charge in [0.25, 0.3) is 0 Å². The van der Waals surface area contributed by atoms with Gasteiger partial charge in [-0.15, -0.1) is 0 Å². The van der Waals surface area contributed by atoms with Gasteiger partial charge in [-0.1, -0.05) is 6.58 Å². The zero-order valence-electron chi connectivity index (χ0n) is 10.7. The number of hydrogen-bond donors (Lipinski definition) is 2. The molecular weight excluding hydrogens is 242 g/mol. The van der Waals surface area contributed by atoms with Crippen molar-refractivity contribution < 1.29 is 18.6 Å². The standard InChI is InChI=1S/C12H20F2N2O2/c1-9(8-16-12(14)10(2)13)11(17)4-5-15-6-7-18-3/h8,11,15,17H,1,4-7H2,2-3H3/b12-10+,16-8?/t11-/m0/s1. The number of ether oxygens (including phenoxy) is 1. The van der Waals surface area contributed by atoms with E-state index in [0.717, 1.165) is 13.1 Å². The number of nitrogens with one attached hydrogen (secondary N) is 1. The number of aliphatic hydroxyl groups excluding tert-OH is 1. The fourth-order valence-electron chi connectivity index (χ4n) is 1.04. The van der Waals surface area contributed by atoms with Gasteiger partial charge in [0.05, 0.1) is 12.7 Å². The zero-order chi connectivity index (χ0) is 14.0. The fourth-order valence-corrected chi connectivity index (χ4v) is 1.04. The van der Waals surface area contributed by atoms with Gasteiger partial charge in [0.15, 0.2) is 5.83 Å². The van der Waals surface area contributed by atoms with Crippen LogP contribution in [-0.4, -0.2) is 44.2 Å². The molecule has 0 fully saturated rings. The van der Waals surface area contributed by atoms with E-state index in [1.165, 1.54) is 0 Å². The summed E-state index contributed by atoms with van der Waals surface area (Å²) >= 11 is 0. The lowest BCUT2D eigenvalue weighted by molar-refractivity contribution is 0.189. The number of halogens is 2. The topological polar surface area (TPSA) is 53.9 Å².